The molecule has 32 heavy (non-hydrogen) atoms. The number of thiophene rings is 2. The third kappa shape index (κ3) is 4.38. The summed E-state index contributed by atoms with van der Waals surface area (Å²) in [6.07, 6.45) is 2.39. The lowest BCUT2D eigenvalue weighted by Gasteiger charge is -2.08. The molecule has 0 atom stereocenters. The van der Waals surface area contributed by atoms with Crippen molar-refractivity contribution in [2.45, 2.75) is 42.9 Å². The van der Waals surface area contributed by atoms with Gasteiger partial charge >= 0.3 is 0 Å². The van der Waals surface area contributed by atoms with E-state index in [-0.39, 0.29) is 5.78 Å². The molecule has 0 saturated heterocycles. The highest BCUT2D eigenvalue weighted by Gasteiger charge is 2.21. The maximum atomic E-state index is 12.9. The van der Waals surface area contributed by atoms with E-state index in [4.69, 9.17) is 4.99 Å². The molecule has 0 unspecified atom stereocenters. The molecule has 0 bridgehead atoms. The molecule has 0 amide bonds. The van der Waals surface area contributed by atoms with Crippen molar-refractivity contribution >= 4 is 51.6 Å². The van der Waals surface area contributed by atoms with E-state index in [1.54, 1.807) is 34.4 Å². The Balaban J connectivity index is 1.44. The zero-order valence-electron chi connectivity index (χ0n) is 18.1. The SMILES string of the molecule is Cc1csc(CCCC(=O)c2ccc3c(c2)N=C(c2sccc2C)c2ccccc2S3)c1. The Bertz CT molecular complexity index is 1330. The topological polar surface area (TPSA) is 29.4 Å². The van der Waals surface area contributed by atoms with Crippen molar-refractivity contribution in [2.75, 3.05) is 0 Å². The second-order valence-corrected chi connectivity index (χ2v) is 11.0. The van der Waals surface area contributed by atoms with Crippen molar-refractivity contribution in [3.63, 3.8) is 0 Å². The lowest BCUT2D eigenvalue weighted by molar-refractivity contribution is 0.0980. The van der Waals surface area contributed by atoms with Gasteiger partial charge in [-0.05, 0) is 78.9 Å². The zero-order chi connectivity index (χ0) is 22.1. The van der Waals surface area contributed by atoms with Crippen LogP contribution in [-0.4, -0.2) is 11.5 Å². The molecule has 0 fully saturated rings. The van der Waals surface area contributed by atoms with Gasteiger partial charge in [-0.3, -0.25) is 4.79 Å². The minimum absolute atomic E-state index is 0.192. The van der Waals surface area contributed by atoms with Gasteiger partial charge < -0.3 is 0 Å². The molecule has 0 saturated carbocycles. The van der Waals surface area contributed by atoms with Gasteiger partial charge in [0.15, 0.2) is 5.78 Å². The predicted molar refractivity (Wildman–Crippen MR) is 138 cm³/mol. The third-order valence-corrected chi connectivity index (χ3v) is 8.84. The first kappa shape index (κ1) is 21.4. The van der Waals surface area contributed by atoms with E-state index in [9.17, 15) is 4.79 Å². The molecule has 2 nitrogen and oxygen atoms in total. The molecule has 0 spiro atoms. The molecule has 0 N–H and O–H groups in total. The molecular weight excluding hydrogens is 451 g/mol. The predicted octanol–water partition coefficient (Wildman–Crippen LogP) is 8.27. The summed E-state index contributed by atoms with van der Waals surface area (Å²) in [5.74, 6) is 0.192. The Morgan fingerprint density at radius 1 is 0.969 bits per heavy atom. The van der Waals surface area contributed by atoms with E-state index in [0.29, 0.717) is 6.42 Å². The Hall–Kier alpha value is -2.47. The first-order chi connectivity index (χ1) is 15.6. The fourth-order valence-electron chi connectivity index (χ4n) is 3.89. The van der Waals surface area contributed by atoms with Crippen LogP contribution in [0.2, 0.25) is 0 Å². The molecule has 5 heteroatoms. The Labute approximate surface area is 201 Å². The highest BCUT2D eigenvalue weighted by Crippen LogP contribution is 2.42. The monoisotopic (exact) mass is 473 g/mol. The maximum absolute atomic E-state index is 12.9. The van der Waals surface area contributed by atoms with Gasteiger partial charge in [-0.2, -0.15) is 0 Å². The van der Waals surface area contributed by atoms with E-state index in [1.165, 1.54) is 25.8 Å². The molecule has 5 rings (SSSR count). The van der Waals surface area contributed by atoms with Crippen LogP contribution in [-0.2, 0) is 6.42 Å². The van der Waals surface area contributed by atoms with Crippen LogP contribution in [0.5, 0.6) is 0 Å². The van der Waals surface area contributed by atoms with Gasteiger partial charge in [0.2, 0.25) is 0 Å². The lowest BCUT2D eigenvalue weighted by atomic mass is 10.0. The quantitative estimate of drug-likeness (QED) is 0.232. The van der Waals surface area contributed by atoms with Gasteiger partial charge in [-0.15, -0.1) is 22.7 Å². The number of carbonyl (C=O) groups is 1. The third-order valence-electron chi connectivity index (χ3n) is 5.56. The number of ketones is 1. The number of hydrogen-bond acceptors (Lipinski definition) is 5. The van der Waals surface area contributed by atoms with Crippen LogP contribution >= 0.6 is 34.4 Å². The maximum Gasteiger partial charge on any atom is 0.162 e. The molecule has 160 valence electrons. The van der Waals surface area contributed by atoms with Crippen LogP contribution in [0.4, 0.5) is 5.69 Å². The van der Waals surface area contributed by atoms with E-state index in [2.05, 4.69) is 67.1 Å². The fraction of sp³-hybridized carbons (Fsp3) is 0.185. The van der Waals surface area contributed by atoms with Gasteiger partial charge in [0.05, 0.1) is 16.3 Å². The largest absolute Gasteiger partial charge is 0.294 e. The van der Waals surface area contributed by atoms with E-state index in [0.717, 1.165) is 40.3 Å². The Kier molecular flexibility index (Phi) is 6.13. The van der Waals surface area contributed by atoms with Crippen molar-refractivity contribution in [3.05, 3.63) is 97.4 Å². The molecule has 2 aromatic heterocycles. The number of Topliss-reactive ketones (excluding diaryl/α,β-unsaturated/α-hetero) is 1. The lowest BCUT2D eigenvalue weighted by Crippen LogP contribution is -2.03. The number of aliphatic imine (C=N–C) groups is 1. The van der Waals surface area contributed by atoms with Crippen molar-refractivity contribution < 1.29 is 4.79 Å². The Morgan fingerprint density at radius 2 is 1.84 bits per heavy atom. The molecular formula is C27H23NOS3. The number of nitrogens with zero attached hydrogens (tertiary/aromatic N) is 1. The van der Waals surface area contributed by atoms with Crippen LogP contribution in [0.25, 0.3) is 0 Å². The molecule has 1 aliphatic rings. The normalized spacial score (nSPS) is 12.6. The molecule has 1 aliphatic heterocycles. The van der Waals surface area contributed by atoms with Crippen molar-refractivity contribution in [3.8, 4) is 0 Å². The molecule has 4 aromatic rings. The first-order valence-electron chi connectivity index (χ1n) is 10.7. The van der Waals surface area contributed by atoms with Crippen molar-refractivity contribution in [1.82, 2.24) is 0 Å². The summed E-state index contributed by atoms with van der Waals surface area (Å²) in [7, 11) is 0. The van der Waals surface area contributed by atoms with Crippen molar-refractivity contribution in [2.24, 2.45) is 4.99 Å². The highest BCUT2D eigenvalue weighted by atomic mass is 32.2. The minimum Gasteiger partial charge on any atom is -0.294 e. The number of hydrogen-bond donors (Lipinski definition) is 0. The van der Waals surface area contributed by atoms with Crippen LogP contribution in [0.15, 0.2) is 80.1 Å². The van der Waals surface area contributed by atoms with E-state index in [1.807, 2.05) is 12.1 Å². The van der Waals surface area contributed by atoms with Gasteiger partial charge in [-0.25, -0.2) is 4.99 Å². The number of carbonyl (C=O) groups excluding carboxylic acids is 1. The summed E-state index contributed by atoms with van der Waals surface area (Å²) in [5, 5.41) is 4.29. The van der Waals surface area contributed by atoms with E-state index >= 15 is 0 Å². The molecule has 0 aliphatic carbocycles. The summed E-state index contributed by atoms with van der Waals surface area (Å²) in [4.78, 5) is 22.9. The Morgan fingerprint density at radius 3 is 2.62 bits per heavy atom. The van der Waals surface area contributed by atoms with Gasteiger partial charge in [0, 0.05) is 32.2 Å². The zero-order valence-corrected chi connectivity index (χ0v) is 20.5. The molecule has 2 aromatic carbocycles. The summed E-state index contributed by atoms with van der Waals surface area (Å²) in [5.41, 5.74) is 6.32. The fourth-order valence-corrected chi connectivity index (χ4v) is 6.75. The molecule has 0 radical (unpaired) electrons. The second kappa shape index (κ2) is 9.18. The second-order valence-electron chi connectivity index (χ2n) is 8.04. The van der Waals surface area contributed by atoms with Gasteiger partial charge in [0.1, 0.15) is 0 Å². The summed E-state index contributed by atoms with van der Waals surface area (Å²) in [6.45, 7) is 4.24. The van der Waals surface area contributed by atoms with Crippen LogP contribution in [0.1, 0.15) is 49.6 Å². The number of benzene rings is 2. The van der Waals surface area contributed by atoms with Crippen LogP contribution in [0.3, 0.4) is 0 Å². The van der Waals surface area contributed by atoms with Crippen LogP contribution in [0, 0.1) is 13.8 Å². The smallest absolute Gasteiger partial charge is 0.162 e. The van der Waals surface area contributed by atoms with Crippen LogP contribution < -0.4 is 0 Å². The molecule has 3 heterocycles. The average molecular weight is 474 g/mol. The number of rotatable bonds is 6. The number of aryl methyl sites for hydroxylation is 3. The van der Waals surface area contributed by atoms with Gasteiger partial charge in [0.25, 0.3) is 0 Å². The van der Waals surface area contributed by atoms with Gasteiger partial charge in [-0.1, -0.05) is 36.0 Å². The van der Waals surface area contributed by atoms with E-state index < -0.39 is 0 Å². The summed E-state index contributed by atoms with van der Waals surface area (Å²) < 4.78 is 0. The minimum atomic E-state index is 0.192. The number of fused-ring (bicyclic) bond motifs is 2. The first-order valence-corrected chi connectivity index (χ1v) is 13.3. The summed E-state index contributed by atoms with van der Waals surface area (Å²) in [6, 6.07) is 18.8. The average Bonchev–Trinajstić information content (AvgIpc) is 3.36. The highest BCUT2D eigenvalue weighted by molar-refractivity contribution is 7.99. The van der Waals surface area contributed by atoms with Crippen molar-refractivity contribution in [1.29, 1.82) is 0 Å². The summed E-state index contributed by atoms with van der Waals surface area (Å²) >= 11 is 5.23. The standard InChI is InChI=1S/C27H23NOS3/c1-17-14-20(31-16-17)6-5-8-23(29)19-10-11-25-22(15-19)28-26(27-18(2)12-13-30-27)21-7-3-4-9-24(21)32-25/h3-4,7,9-16H,5-6,8H2,1-2H3.